The smallest absolute Gasteiger partial charge is 0.258 e. The first-order valence-corrected chi connectivity index (χ1v) is 11.9. The molecular formula is C26H32N4O3. The fourth-order valence-corrected chi connectivity index (χ4v) is 4.39. The monoisotopic (exact) mass is 448 g/mol. The molecule has 1 saturated carbocycles. The van der Waals surface area contributed by atoms with Crippen LogP contribution in [0.25, 0.3) is 11.0 Å². The summed E-state index contributed by atoms with van der Waals surface area (Å²) in [6.07, 6.45) is 6.10. The van der Waals surface area contributed by atoms with Gasteiger partial charge in [0.2, 0.25) is 11.9 Å². The number of para-hydroxylation sites is 2. The second-order valence-corrected chi connectivity index (χ2v) is 8.49. The molecule has 174 valence electrons. The molecule has 7 nitrogen and oxygen atoms in total. The molecule has 0 saturated heterocycles. The fraction of sp³-hybridized carbons (Fsp3) is 0.423. The lowest BCUT2D eigenvalue weighted by Crippen LogP contribution is -2.25. The van der Waals surface area contributed by atoms with E-state index in [2.05, 4.69) is 15.6 Å². The molecule has 1 fully saturated rings. The molecule has 1 aliphatic rings. The average Bonchev–Trinajstić information content (AvgIpc) is 3.19. The maximum Gasteiger partial charge on any atom is 0.258 e. The van der Waals surface area contributed by atoms with Crippen LogP contribution in [-0.2, 0) is 16.1 Å². The van der Waals surface area contributed by atoms with Gasteiger partial charge >= 0.3 is 0 Å². The Labute approximate surface area is 194 Å². The molecule has 0 atom stereocenters. The van der Waals surface area contributed by atoms with Crippen LogP contribution in [0.3, 0.4) is 0 Å². The Balaban J connectivity index is 1.47. The van der Waals surface area contributed by atoms with Crippen LogP contribution in [0.5, 0.6) is 0 Å². The molecule has 33 heavy (non-hydrogen) atoms. The average molecular weight is 449 g/mol. The summed E-state index contributed by atoms with van der Waals surface area (Å²) in [6, 6.07) is 14.9. The van der Waals surface area contributed by atoms with E-state index in [0.717, 1.165) is 43.1 Å². The van der Waals surface area contributed by atoms with E-state index in [1.165, 1.54) is 6.42 Å². The number of aryl methyl sites for hydroxylation is 1. The molecule has 3 aromatic rings. The number of imidazole rings is 1. The zero-order valence-corrected chi connectivity index (χ0v) is 19.2. The van der Waals surface area contributed by atoms with Gasteiger partial charge in [0.15, 0.2) is 0 Å². The Kier molecular flexibility index (Phi) is 7.73. The van der Waals surface area contributed by atoms with Gasteiger partial charge in [-0.3, -0.25) is 14.9 Å². The van der Waals surface area contributed by atoms with Crippen molar-refractivity contribution in [2.24, 2.45) is 5.92 Å². The molecule has 1 aromatic heterocycles. The van der Waals surface area contributed by atoms with Gasteiger partial charge in [-0.1, -0.05) is 37.5 Å². The van der Waals surface area contributed by atoms with Crippen molar-refractivity contribution in [3.63, 3.8) is 0 Å². The van der Waals surface area contributed by atoms with E-state index in [-0.39, 0.29) is 17.7 Å². The number of anilines is 2. The van der Waals surface area contributed by atoms with Crippen molar-refractivity contribution in [1.29, 1.82) is 0 Å². The fourth-order valence-electron chi connectivity index (χ4n) is 4.39. The number of fused-ring (bicyclic) bond motifs is 1. The summed E-state index contributed by atoms with van der Waals surface area (Å²) < 4.78 is 7.48. The molecule has 0 unspecified atom stereocenters. The summed E-state index contributed by atoms with van der Waals surface area (Å²) in [4.78, 5) is 30.3. The Hall–Kier alpha value is -3.19. The van der Waals surface area contributed by atoms with Crippen LogP contribution in [0.4, 0.5) is 11.6 Å². The van der Waals surface area contributed by atoms with Crippen molar-refractivity contribution < 1.29 is 14.3 Å². The molecule has 2 aromatic carbocycles. The second kappa shape index (κ2) is 11.1. The molecule has 7 heteroatoms. The number of aromatic nitrogens is 2. The first-order valence-electron chi connectivity index (χ1n) is 11.9. The molecular weight excluding hydrogens is 416 g/mol. The third-order valence-electron chi connectivity index (χ3n) is 6.12. The van der Waals surface area contributed by atoms with Gasteiger partial charge in [-0.25, -0.2) is 4.98 Å². The van der Waals surface area contributed by atoms with Crippen molar-refractivity contribution in [1.82, 2.24) is 9.55 Å². The minimum Gasteiger partial charge on any atom is -0.382 e. The molecule has 2 N–H and O–H groups in total. The minimum absolute atomic E-state index is 0.0448. The van der Waals surface area contributed by atoms with E-state index in [1.807, 2.05) is 41.8 Å². The molecule has 1 heterocycles. The summed E-state index contributed by atoms with van der Waals surface area (Å²) in [5, 5.41) is 5.95. The highest BCUT2D eigenvalue weighted by molar-refractivity contribution is 6.05. The van der Waals surface area contributed by atoms with Crippen molar-refractivity contribution in [3.05, 3.63) is 54.1 Å². The number of benzene rings is 2. The van der Waals surface area contributed by atoms with E-state index in [4.69, 9.17) is 4.74 Å². The Morgan fingerprint density at radius 3 is 2.70 bits per heavy atom. The lowest BCUT2D eigenvalue weighted by atomic mass is 9.88. The number of hydrogen-bond acceptors (Lipinski definition) is 4. The van der Waals surface area contributed by atoms with Gasteiger partial charge in [0.1, 0.15) is 0 Å². The van der Waals surface area contributed by atoms with Crippen LogP contribution in [0.2, 0.25) is 0 Å². The van der Waals surface area contributed by atoms with Crippen LogP contribution in [0, 0.1) is 5.92 Å². The number of hydrogen-bond donors (Lipinski definition) is 2. The van der Waals surface area contributed by atoms with Crippen LogP contribution in [-0.4, -0.2) is 34.6 Å². The van der Waals surface area contributed by atoms with Gasteiger partial charge in [0.05, 0.1) is 11.0 Å². The summed E-state index contributed by atoms with van der Waals surface area (Å²) >= 11 is 0. The van der Waals surface area contributed by atoms with E-state index in [0.29, 0.717) is 37.0 Å². The molecule has 4 rings (SSSR count). The zero-order chi connectivity index (χ0) is 23.0. The lowest BCUT2D eigenvalue weighted by molar-refractivity contribution is -0.120. The number of nitrogens with zero attached hydrogens (tertiary/aromatic N) is 2. The topological polar surface area (TPSA) is 85.2 Å². The van der Waals surface area contributed by atoms with Gasteiger partial charge in [0.25, 0.3) is 5.91 Å². The summed E-state index contributed by atoms with van der Waals surface area (Å²) in [5.74, 6) is 0.357. The second-order valence-electron chi connectivity index (χ2n) is 8.49. The largest absolute Gasteiger partial charge is 0.382 e. The van der Waals surface area contributed by atoms with Crippen molar-refractivity contribution >= 4 is 34.5 Å². The summed E-state index contributed by atoms with van der Waals surface area (Å²) in [6.45, 7) is 4.00. The minimum atomic E-state index is -0.259. The quantitative estimate of drug-likeness (QED) is 0.439. The third-order valence-corrected chi connectivity index (χ3v) is 6.12. The molecule has 0 radical (unpaired) electrons. The first kappa shape index (κ1) is 23.0. The van der Waals surface area contributed by atoms with Gasteiger partial charge < -0.3 is 14.6 Å². The standard InChI is InChI=1S/C26H32N4O3/c1-2-33-17-9-16-30-23-15-7-6-14-22(23)28-26(30)29-25(32)20-12-8-13-21(18-20)27-24(31)19-10-4-3-5-11-19/h6-8,12-15,18-19H,2-5,9-11,16-17H2,1H3,(H,27,31)(H,28,29,32). The van der Waals surface area contributed by atoms with E-state index >= 15 is 0 Å². The Morgan fingerprint density at radius 1 is 1.06 bits per heavy atom. The van der Waals surface area contributed by atoms with E-state index < -0.39 is 0 Å². The van der Waals surface area contributed by atoms with Gasteiger partial charge in [-0.05, 0) is 56.5 Å². The molecule has 0 aliphatic heterocycles. The number of amides is 2. The normalized spacial score (nSPS) is 14.3. The predicted molar refractivity (Wildman–Crippen MR) is 130 cm³/mol. The molecule has 0 bridgehead atoms. The van der Waals surface area contributed by atoms with Crippen LogP contribution in [0.15, 0.2) is 48.5 Å². The highest BCUT2D eigenvalue weighted by Crippen LogP contribution is 2.25. The highest BCUT2D eigenvalue weighted by Gasteiger charge is 2.21. The number of rotatable bonds is 9. The Bertz CT molecular complexity index is 1100. The van der Waals surface area contributed by atoms with Crippen molar-refractivity contribution in [3.8, 4) is 0 Å². The maximum atomic E-state index is 13.1. The SMILES string of the molecule is CCOCCCn1c(NC(=O)c2cccc(NC(=O)C3CCCCC3)c2)nc2ccccc21. The zero-order valence-electron chi connectivity index (χ0n) is 19.2. The molecule has 1 aliphatic carbocycles. The van der Waals surface area contributed by atoms with E-state index in [1.54, 1.807) is 18.2 Å². The van der Waals surface area contributed by atoms with Gasteiger partial charge in [-0.2, -0.15) is 0 Å². The Morgan fingerprint density at radius 2 is 1.88 bits per heavy atom. The predicted octanol–water partition coefficient (Wildman–Crippen LogP) is 5.23. The van der Waals surface area contributed by atoms with Crippen LogP contribution in [0.1, 0.15) is 55.8 Å². The summed E-state index contributed by atoms with van der Waals surface area (Å²) in [5.41, 5.74) is 2.92. The number of nitrogens with one attached hydrogen (secondary N) is 2. The van der Waals surface area contributed by atoms with Crippen LogP contribution >= 0.6 is 0 Å². The van der Waals surface area contributed by atoms with Crippen molar-refractivity contribution in [2.45, 2.75) is 52.0 Å². The van der Waals surface area contributed by atoms with Gasteiger partial charge in [-0.15, -0.1) is 0 Å². The maximum absolute atomic E-state index is 13.1. The first-order chi connectivity index (χ1) is 16.2. The number of carbonyl (C=O) groups excluding carboxylic acids is 2. The molecule has 0 spiro atoms. The summed E-state index contributed by atoms with van der Waals surface area (Å²) in [7, 11) is 0. The highest BCUT2D eigenvalue weighted by atomic mass is 16.5. The van der Waals surface area contributed by atoms with Gasteiger partial charge in [0, 0.05) is 36.9 Å². The number of carbonyl (C=O) groups is 2. The molecule has 2 amide bonds. The lowest BCUT2D eigenvalue weighted by Gasteiger charge is -2.20. The van der Waals surface area contributed by atoms with Crippen LogP contribution < -0.4 is 10.6 Å². The third kappa shape index (κ3) is 5.79. The van der Waals surface area contributed by atoms with Crippen molar-refractivity contribution in [2.75, 3.05) is 23.8 Å². The number of ether oxygens (including phenoxy) is 1. The van der Waals surface area contributed by atoms with E-state index in [9.17, 15) is 9.59 Å².